The van der Waals surface area contributed by atoms with Gasteiger partial charge in [0.05, 0.1) is 22.8 Å². The zero-order chi connectivity index (χ0) is 23.3. The predicted molar refractivity (Wildman–Crippen MR) is 119 cm³/mol. The highest BCUT2D eigenvalue weighted by Crippen LogP contribution is 2.23. The smallest absolute Gasteiger partial charge is 0.344 e. The van der Waals surface area contributed by atoms with Gasteiger partial charge in [-0.05, 0) is 64.1 Å². The molecule has 0 saturated heterocycles. The lowest BCUT2D eigenvalue weighted by atomic mass is 10.1. The van der Waals surface area contributed by atoms with Crippen LogP contribution < -0.4 is 10.1 Å². The summed E-state index contributed by atoms with van der Waals surface area (Å²) in [5, 5.41) is 7.25. The van der Waals surface area contributed by atoms with Gasteiger partial charge < -0.3 is 14.8 Å². The molecule has 3 rings (SSSR count). The van der Waals surface area contributed by atoms with Crippen molar-refractivity contribution in [2.24, 2.45) is 0 Å². The first-order valence-electron chi connectivity index (χ1n) is 10.1. The average Bonchev–Trinajstić information content (AvgIpc) is 3.05. The number of carbonyl (C=O) groups excluding carboxylic acids is 3. The van der Waals surface area contributed by atoms with Crippen LogP contribution in [0.5, 0.6) is 5.75 Å². The third-order valence-electron chi connectivity index (χ3n) is 4.82. The molecule has 8 heteroatoms. The number of hydrogen-bond donors (Lipinski definition) is 1. The lowest BCUT2D eigenvalue weighted by molar-refractivity contribution is -0.149. The quantitative estimate of drug-likeness (QED) is 0.429. The molecule has 0 spiro atoms. The highest BCUT2D eigenvalue weighted by atomic mass is 16.6. The molecule has 0 saturated carbocycles. The summed E-state index contributed by atoms with van der Waals surface area (Å²) >= 11 is 0. The third kappa shape index (κ3) is 5.60. The monoisotopic (exact) mass is 435 g/mol. The van der Waals surface area contributed by atoms with Gasteiger partial charge in [-0.2, -0.15) is 5.10 Å². The highest BCUT2D eigenvalue weighted by Gasteiger charge is 2.16. The first-order valence-corrected chi connectivity index (χ1v) is 10.1. The van der Waals surface area contributed by atoms with Crippen LogP contribution in [0.15, 0.2) is 48.5 Å². The van der Waals surface area contributed by atoms with E-state index in [-0.39, 0.29) is 12.4 Å². The Balaban J connectivity index is 1.52. The van der Waals surface area contributed by atoms with Gasteiger partial charge in [0.1, 0.15) is 5.75 Å². The number of ketones is 1. The van der Waals surface area contributed by atoms with Crippen molar-refractivity contribution in [3.8, 4) is 11.4 Å². The van der Waals surface area contributed by atoms with Gasteiger partial charge in [-0.25, -0.2) is 9.48 Å². The van der Waals surface area contributed by atoms with Gasteiger partial charge in [0.15, 0.2) is 19.0 Å². The molecule has 0 radical (unpaired) electrons. The molecule has 0 aliphatic heterocycles. The van der Waals surface area contributed by atoms with Crippen molar-refractivity contribution in [1.82, 2.24) is 9.78 Å². The van der Waals surface area contributed by atoms with Crippen molar-refractivity contribution in [3.05, 3.63) is 71.0 Å². The molecular weight excluding hydrogens is 410 g/mol. The number of Topliss-reactive ketones (excluding diaryl/α,β-unsaturated/α-hetero) is 1. The molecule has 0 fully saturated rings. The van der Waals surface area contributed by atoms with Crippen molar-refractivity contribution in [2.45, 2.75) is 27.7 Å². The van der Waals surface area contributed by atoms with Crippen molar-refractivity contribution < 1.29 is 23.9 Å². The van der Waals surface area contributed by atoms with Crippen molar-refractivity contribution >= 4 is 23.3 Å². The van der Waals surface area contributed by atoms with Crippen LogP contribution in [-0.4, -0.2) is 40.7 Å². The summed E-state index contributed by atoms with van der Waals surface area (Å²) in [6.07, 6.45) is 0. The maximum absolute atomic E-state index is 12.3. The Morgan fingerprint density at radius 1 is 0.938 bits per heavy atom. The van der Waals surface area contributed by atoms with E-state index in [9.17, 15) is 14.4 Å². The summed E-state index contributed by atoms with van der Waals surface area (Å²) in [5.41, 5.74) is 4.57. The van der Waals surface area contributed by atoms with Crippen LogP contribution in [0.3, 0.4) is 0 Å². The van der Waals surface area contributed by atoms with Crippen LogP contribution >= 0.6 is 0 Å². The molecule has 1 N–H and O–H groups in total. The molecule has 166 valence electrons. The number of nitrogens with one attached hydrogen (secondary N) is 1. The molecule has 0 aliphatic rings. The number of nitrogens with zero attached hydrogens (tertiary/aromatic N) is 2. The number of esters is 1. The van der Waals surface area contributed by atoms with Crippen molar-refractivity contribution in [2.75, 3.05) is 18.5 Å². The van der Waals surface area contributed by atoms with Gasteiger partial charge >= 0.3 is 5.97 Å². The third-order valence-corrected chi connectivity index (χ3v) is 4.82. The zero-order valence-electron chi connectivity index (χ0n) is 18.5. The fourth-order valence-electron chi connectivity index (χ4n) is 3.05. The van der Waals surface area contributed by atoms with Gasteiger partial charge in [-0.15, -0.1) is 0 Å². The molecule has 0 unspecified atom stereocenters. The van der Waals surface area contributed by atoms with Crippen LogP contribution in [0.25, 0.3) is 5.69 Å². The summed E-state index contributed by atoms with van der Waals surface area (Å²) < 4.78 is 12.1. The van der Waals surface area contributed by atoms with Crippen LogP contribution in [0.2, 0.25) is 0 Å². The SMILES string of the molecule is CC(=O)c1ccc(OCC(=O)OCC(=O)Nc2c(C)nn(-c3ccc(C)cc3)c2C)cc1. The first-order chi connectivity index (χ1) is 15.2. The topological polar surface area (TPSA) is 99.5 Å². The Morgan fingerprint density at radius 2 is 1.59 bits per heavy atom. The second kappa shape index (κ2) is 9.91. The number of anilines is 1. The molecule has 0 bridgehead atoms. The predicted octanol–water partition coefficient (Wildman–Crippen LogP) is 3.56. The zero-order valence-corrected chi connectivity index (χ0v) is 18.5. The second-order valence-corrected chi connectivity index (χ2v) is 7.37. The minimum Gasteiger partial charge on any atom is -0.482 e. The lowest BCUT2D eigenvalue weighted by Crippen LogP contribution is -2.24. The summed E-state index contributed by atoms with van der Waals surface area (Å²) in [4.78, 5) is 35.5. The van der Waals surface area contributed by atoms with E-state index >= 15 is 0 Å². The van der Waals surface area contributed by atoms with Crippen molar-refractivity contribution in [1.29, 1.82) is 0 Å². The van der Waals surface area contributed by atoms with E-state index in [1.54, 1.807) is 35.9 Å². The number of aryl methyl sites for hydroxylation is 2. The molecule has 1 amide bonds. The van der Waals surface area contributed by atoms with Gasteiger partial charge in [-0.3, -0.25) is 9.59 Å². The van der Waals surface area contributed by atoms with E-state index in [0.29, 0.717) is 22.7 Å². The highest BCUT2D eigenvalue weighted by molar-refractivity contribution is 5.94. The van der Waals surface area contributed by atoms with Crippen molar-refractivity contribution in [3.63, 3.8) is 0 Å². The Labute approximate surface area is 186 Å². The number of hydrogen-bond acceptors (Lipinski definition) is 6. The van der Waals surface area contributed by atoms with E-state index in [2.05, 4.69) is 10.4 Å². The summed E-state index contributed by atoms with van der Waals surface area (Å²) in [6, 6.07) is 14.3. The molecule has 2 aromatic carbocycles. The summed E-state index contributed by atoms with van der Waals surface area (Å²) in [5.74, 6) is -0.790. The Kier molecular flexibility index (Phi) is 7.04. The van der Waals surface area contributed by atoms with Gasteiger partial charge in [0.2, 0.25) is 0 Å². The number of amides is 1. The number of carbonyl (C=O) groups is 3. The Hall–Kier alpha value is -3.94. The van der Waals surface area contributed by atoms with Gasteiger partial charge in [-0.1, -0.05) is 17.7 Å². The number of ether oxygens (including phenoxy) is 2. The van der Waals surface area contributed by atoms with Gasteiger partial charge in [0.25, 0.3) is 5.91 Å². The van der Waals surface area contributed by atoms with Crippen LogP contribution in [0.1, 0.15) is 34.2 Å². The van der Waals surface area contributed by atoms with Crippen LogP contribution in [0, 0.1) is 20.8 Å². The van der Waals surface area contributed by atoms with Gasteiger partial charge in [0, 0.05) is 5.56 Å². The number of rotatable bonds is 8. The van der Waals surface area contributed by atoms with Crippen LogP contribution in [0.4, 0.5) is 5.69 Å². The maximum atomic E-state index is 12.3. The minimum atomic E-state index is -0.681. The molecule has 3 aromatic rings. The molecular formula is C24H25N3O5. The van der Waals surface area contributed by atoms with E-state index in [1.165, 1.54) is 6.92 Å². The largest absolute Gasteiger partial charge is 0.482 e. The minimum absolute atomic E-state index is 0.0585. The normalized spacial score (nSPS) is 10.5. The van der Waals surface area contributed by atoms with E-state index in [1.807, 2.05) is 38.1 Å². The molecule has 1 heterocycles. The fourth-order valence-corrected chi connectivity index (χ4v) is 3.05. The fraction of sp³-hybridized carbons (Fsp3) is 0.250. The number of benzene rings is 2. The molecule has 0 atom stereocenters. The van der Waals surface area contributed by atoms with Crippen LogP contribution in [-0.2, 0) is 14.3 Å². The lowest BCUT2D eigenvalue weighted by Gasteiger charge is -2.09. The molecule has 1 aromatic heterocycles. The molecule has 0 aliphatic carbocycles. The Bertz CT molecular complexity index is 1130. The van der Waals surface area contributed by atoms with E-state index < -0.39 is 18.5 Å². The summed E-state index contributed by atoms with van der Waals surface area (Å²) in [6.45, 7) is 6.33. The standard InChI is InChI=1S/C24H25N3O5/c1-15-5-9-20(10-6-15)27-17(3)24(16(2)26-27)25-22(29)13-32-23(30)14-31-21-11-7-19(8-12-21)18(4)28/h5-12H,13-14H2,1-4H3,(H,25,29). The van der Waals surface area contributed by atoms with E-state index in [4.69, 9.17) is 9.47 Å². The average molecular weight is 435 g/mol. The molecule has 8 nitrogen and oxygen atoms in total. The number of aromatic nitrogens is 2. The summed E-state index contributed by atoms with van der Waals surface area (Å²) in [7, 11) is 0. The maximum Gasteiger partial charge on any atom is 0.344 e. The van der Waals surface area contributed by atoms with E-state index in [0.717, 1.165) is 16.9 Å². The first kappa shape index (κ1) is 22.7. The molecule has 32 heavy (non-hydrogen) atoms. The second-order valence-electron chi connectivity index (χ2n) is 7.37. The Morgan fingerprint density at radius 3 is 2.22 bits per heavy atom.